The summed E-state index contributed by atoms with van der Waals surface area (Å²) in [4.78, 5) is 2.60. The van der Waals surface area contributed by atoms with E-state index in [1.165, 1.54) is 45.4 Å². The summed E-state index contributed by atoms with van der Waals surface area (Å²) in [5.74, 6) is 0.920. The molecule has 3 heterocycles. The molecule has 0 aromatic carbocycles. The second kappa shape index (κ2) is 4.04. The van der Waals surface area contributed by atoms with Crippen LogP contribution in [0.3, 0.4) is 0 Å². The van der Waals surface area contributed by atoms with Gasteiger partial charge in [-0.2, -0.15) is 0 Å². The van der Waals surface area contributed by atoms with Crippen molar-refractivity contribution in [2.45, 2.75) is 44.4 Å². The minimum absolute atomic E-state index is 0.496. The molecular formula is C12H22N2O. The fourth-order valence-corrected chi connectivity index (χ4v) is 3.40. The lowest BCUT2D eigenvalue weighted by molar-refractivity contribution is 0.0349. The molecule has 15 heavy (non-hydrogen) atoms. The molecule has 3 fully saturated rings. The van der Waals surface area contributed by atoms with E-state index in [1.807, 2.05) is 0 Å². The van der Waals surface area contributed by atoms with Gasteiger partial charge in [-0.3, -0.25) is 4.90 Å². The topological polar surface area (TPSA) is 24.5 Å². The van der Waals surface area contributed by atoms with Crippen LogP contribution in [0.1, 0.15) is 26.2 Å². The van der Waals surface area contributed by atoms with Gasteiger partial charge in [0.25, 0.3) is 0 Å². The molecule has 1 N–H and O–H groups in total. The second-order valence-electron chi connectivity index (χ2n) is 5.47. The first kappa shape index (κ1) is 10.1. The molecule has 0 spiro atoms. The highest BCUT2D eigenvalue weighted by Crippen LogP contribution is 2.27. The summed E-state index contributed by atoms with van der Waals surface area (Å²) < 4.78 is 5.88. The lowest BCUT2D eigenvalue weighted by Gasteiger charge is -2.21. The van der Waals surface area contributed by atoms with Crippen LogP contribution in [0.4, 0.5) is 0 Å². The van der Waals surface area contributed by atoms with Gasteiger partial charge in [0.1, 0.15) is 0 Å². The van der Waals surface area contributed by atoms with Crippen LogP contribution >= 0.6 is 0 Å². The van der Waals surface area contributed by atoms with Crippen molar-refractivity contribution in [1.82, 2.24) is 10.2 Å². The highest BCUT2D eigenvalue weighted by Gasteiger charge is 2.37. The molecule has 3 saturated heterocycles. The summed E-state index contributed by atoms with van der Waals surface area (Å²) in [6.45, 7) is 7.14. The first-order chi connectivity index (χ1) is 7.31. The van der Waals surface area contributed by atoms with Gasteiger partial charge >= 0.3 is 0 Å². The maximum atomic E-state index is 5.88. The fraction of sp³-hybridized carbons (Fsp3) is 1.00. The number of ether oxygens (including phenoxy) is 1. The van der Waals surface area contributed by atoms with E-state index in [4.69, 9.17) is 4.74 Å². The number of nitrogens with zero attached hydrogens (tertiary/aromatic N) is 1. The smallest absolute Gasteiger partial charge is 0.0706 e. The molecule has 3 nitrogen and oxygen atoms in total. The summed E-state index contributed by atoms with van der Waals surface area (Å²) in [5, 5.41) is 3.60. The van der Waals surface area contributed by atoms with E-state index in [1.54, 1.807) is 0 Å². The minimum atomic E-state index is 0.496. The molecule has 0 aromatic rings. The Balaban J connectivity index is 1.49. The average molecular weight is 210 g/mol. The van der Waals surface area contributed by atoms with Crippen LogP contribution < -0.4 is 5.32 Å². The van der Waals surface area contributed by atoms with E-state index in [2.05, 4.69) is 17.1 Å². The van der Waals surface area contributed by atoms with E-state index in [-0.39, 0.29) is 0 Å². The predicted octanol–water partition coefficient (Wildman–Crippen LogP) is 0.848. The number of rotatable bonds is 2. The van der Waals surface area contributed by atoms with Gasteiger partial charge in [0, 0.05) is 25.7 Å². The maximum Gasteiger partial charge on any atom is 0.0706 e. The van der Waals surface area contributed by atoms with Crippen LogP contribution in [0.2, 0.25) is 0 Å². The molecule has 3 heteroatoms. The Morgan fingerprint density at radius 3 is 2.93 bits per heavy atom. The first-order valence-electron chi connectivity index (χ1n) is 6.42. The van der Waals surface area contributed by atoms with Gasteiger partial charge in [-0.25, -0.2) is 0 Å². The van der Waals surface area contributed by atoms with Crippen molar-refractivity contribution in [2.24, 2.45) is 5.92 Å². The molecule has 86 valence electrons. The Kier molecular flexibility index (Phi) is 2.71. The highest BCUT2D eigenvalue weighted by molar-refractivity contribution is 4.94. The molecular weight excluding hydrogens is 188 g/mol. The number of fused-ring (bicyclic) bond motifs is 1. The van der Waals surface area contributed by atoms with Crippen LogP contribution in [0.15, 0.2) is 0 Å². The zero-order valence-corrected chi connectivity index (χ0v) is 9.61. The number of likely N-dealkylation sites (tertiary alicyclic amines) is 1. The Hall–Kier alpha value is -0.120. The maximum absolute atomic E-state index is 5.88. The fourth-order valence-electron chi connectivity index (χ4n) is 3.40. The zero-order valence-electron chi connectivity index (χ0n) is 9.61. The van der Waals surface area contributed by atoms with Gasteiger partial charge in [-0.1, -0.05) is 0 Å². The van der Waals surface area contributed by atoms with Crippen molar-refractivity contribution >= 4 is 0 Å². The SMILES string of the molecule is CC1CCC(CN2C[C@@H]3CCN[C@@H]3C2)O1. The second-order valence-corrected chi connectivity index (χ2v) is 5.47. The van der Waals surface area contributed by atoms with Gasteiger partial charge in [-0.15, -0.1) is 0 Å². The number of hydrogen-bond acceptors (Lipinski definition) is 3. The molecule has 0 saturated carbocycles. The lowest BCUT2D eigenvalue weighted by Crippen LogP contribution is -2.34. The number of nitrogens with one attached hydrogen (secondary N) is 1. The molecule has 0 aliphatic carbocycles. The Labute approximate surface area is 92.2 Å². The molecule has 0 radical (unpaired) electrons. The number of hydrogen-bond donors (Lipinski definition) is 1. The molecule has 0 aromatic heterocycles. The monoisotopic (exact) mass is 210 g/mol. The van der Waals surface area contributed by atoms with E-state index < -0.39 is 0 Å². The molecule has 3 rings (SSSR count). The molecule has 4 atom stereocenters. The van der Waals surface area contributed by atoms with Gasteiger partial charge < -0.3 is 10.1 Å². The highest BCUT2D eigenvalue weighted by atomic mass is 16.5. The van der Waals surface area contributed by atoms with Crippen LogP contribution in [0.5, 0.6) is 0 Å². The van der Waals surface area contributed by atoms with Crippen molar-refractivity contribution in [1.29, 1.82) is 0 Å². The van der Waals surface area contributed by atoms with Crippen LogP contribution in [-0.2, 0) is 4.74 Å². The largest absolute Gasteiger partial charge is 0.374 e. The summed E-state index contributed by atoms with van der Waals surface area (Å²) in [5.41, 5.74) is 0. The molecule has 3 aliphatic heterocycles. The third-order valence-corrected chi connectivity index (χ3v) is 4.22. The van der Waals surface area contributed by atoms with Crippen molar-refractivity contribution < 1.29 is 4.74 Å². The first-order valence-corrected chi connectivity index (χ1v) is 6.42. The third kappa shape index (κ3) is 2.05. The van der Waals surface area contributed by atoms with E-state index in [0.717, 1.165) is 12.0 Å². The summed E-state index contributed by atoms with van der Waals surface area (Å²) in [6.07, 6.45) is 4.90. The Bertz CT molecular complexity index is 222. The van der Waals surface area contributed by atoms with Crippen molar-refractivity contribution in [3.8, 4) is 0 Å². The minimum Gasteiger partial charge on any atom is -0.374 e. The van der Waals surface area contributed by atoms with E-state index in [0.29, 0.717) is 12.2 Å². The quantitative estimate of drug-likeness (QED) is 0.731. The van der Waals surface area contributed by atoms with Gasteiger partial charge in [-0.05, 0) is 38.6 Å². The zero-order chi connectivity index (χ0) is 10.3. The molecule has 2 unspecified atom stereocenters. The summed E-state index contributed by atoms with van der Waals surface area (Å²) >= 11 is 0. The predicted molar refractivity (Wildman–Crippen MR) is 59.9 cm³/mol. The standard InChI is InChI=1S/C12H22N2O/c1-9-2-3-11(15-9)7-14-6-10-4-5-13-12(10)8-14/h9-13H,2-8H2,1H3/t9?,10-,11?,12+/m0/s1. The van der Waals surface area contributed by atoms with Gasteiger partial charge in [0.2, 0.25) is 0 Å². The average Bonchev–Trinajstić information content (AvgIpc) is 2.81. The van der Waals surface area contributed by atoms with E-state index in [9.17, 15) is 0 Å². The molecule has 0 amide bonds. The van der Waals surface area contributed by atoms with Gasteiger partial charge in [0.05, 0.1) is 12.2 Å². The normalized spacial score (nSPS) is 46.2. The summed E-state index contributed by atoms with van der Waals surface area (Å²) in [6, 6.07) is 0.781. The Morgan fingerprint density at radius 1 is 1.27 bits per heavy atom. The van der Waals surface area contributed by atoms with Crippen LogP contribution in [-0.4, -0.2) is 49.3 Å². The third-order valence-electron chi connectivity index (χ3n) is 4.22. The van der Waals surface area contributed by atoms with Crippen molar-refractivity contribution in [3.63, 3.8) is 0 Å². The van der Waals surface area contributed by atoms with Gasteiger partial charge in [0.15, 0.2) is 0 Å². The van der Waals surface area contributed by atoms with Crippen LogP contribution in [0, 0.1) is 5.92 Å². The molecule has 0 bridgehead atoms. The van der Waals surface area contributed by atoms with Crippen LogP contribution in [0.25, 0.3) is 0 Å². The molecule has 3 aliphatic rings. The summed E-state index contributed by atoms with van der Waals surface area (Å²) in [7, 11) is 0. The Morgan fingerprint density at radius 2 is 2.20 bits per heavy atom. The lowest BCUT2D eigenvalue weighted by atomic mass is 10.1. The van der Waals surface area contributed by atoms with Crippen molar-refractivity contribution in [2.75, 3.05) is 26.2 Å². The van der Waals surface area contributed by atoms with E-state index >= 15 is 0 Å². The van der Waals surface area contributed by atoms with Crippen molar-refractivity contribution in [3.05, 3.63) is 0 Å².